The summed E-state index contributed by atoms with van der Waals surface area (Å²) >= 11 is 0. The summed E-state index contributed by atoms with van der Waals surface area (Å²) in [6.07, 6.45) is -1.54. The van der Waals surface area contributed by atoms with Gasteiger partial charge in [-0.2, -0.15) is 18.3 Å². The van der Waals surface area contributed by atoms with Gasteiger partial charge in [-0.05, 0) is 39.0 Å². The van der Waals surface area contributed by atoms with E-state index >= 15 is 0 Å². The van der Waals surface area contributed by atoms with Crippen molar-refractivity contribution in [3.63, 3.8) is 0 Å². The number of rotatable bonds is 6. The number of aliphatic hydroxyl groups is 1. The Balaban J connectivity index is 1.82. The quantitative estimate of drug-likeness (QED) is 0.627. The maximum atomic E-state index is 12.9. The zero-order valence-electron chi connectivity index (χ0n) is 16.0. The molecule has 0 bridgehead atoms. The highest BCUT2D eigenvalue weighted by atomic mass is 19.4. The predicted molar refractivity (Wildman–Crippen MR) is 100.0 cm³/mol. The molecule has 3 heterocycles. The average Bonchev–Trinajstić information content (AvgIpc) is 3.05. The molecule has 154 valence electrons. The number of nitrogens with one attached hydrogen (secondary N) is 1. The number of anilines is 2. The molecule has 2 N–H and O–H groups in total. The molecule has 7 nitrogen and oxygen atoms in total. The van der Waals surface area contributed by atoms with Crippen LogP contribution in [0.25, 0.3) is 0 Å². The molecule has 0 aliphatic heterocycles. The molecule has 0 amide bonds. The first kappa shape index (κ1) is 20.6. The van der Waals surface area contributed by atoms with Crippen LogP contribution in [0.2, 0.25) is 0 Å². The lowest BCUT2D eigenvalue weighted by Gasteiger charge is -2.17. The summed E-state index contributed by atoms with van der Waals surface area (Å²) in [5.41, 5.74) is -1.01. The summed E-state index contributed by atoms with van der Waals surface area (Å²) < 4.78 is 45.4. The zero-order chi connectivity index (χ0) is 21.2. The van der Waals surface area contributed by atoms with E-state index in [2.05, 4.69) is 20.4 Å². The van der Waals surface area contributed by atoms with Crippen LogP contribution in [0.4, 0.5) is 24.7 Å². The van der Waals surface area contributed by atoms with Gasteiger partial charge in [0.2, 0.25) is 5.88 Å². The molecule has 0 unspecified atom stereocenters. The Labute approximate surface area is 165 Å². The summed E-state index contributed by atoms with van der Waals surface area (Å²) in [7, 11) is 0. The van der Waals surface area contributed by atoms with E-state index in [0.29, 0.717) is 22.9 Å². The topological polar surface area (TPSA) is 85.1 Å². The smallest absolute Gasteiger partial charge is 0.435 e. The second-order valence-electron chi connectivity index (χ2n) is 6.77. The summed E-state index contributed by atoms with van der Waals surface area (Å²) in [6.45, 7) is 5.14. The Morgan fingerprint density at radius 1 is 1.07 bits per heavy atom. The molecule has 0 spiro atoms. The van der Waals surface area contributed by atoms with E-state index in [-0.39, 0.29) is 12.4 Å². The average molecular weight is 407 g/mol. The molecule has 3 aromatic heterocycles. The van der Waals surface area contributed by atoms with Crippen molar-refractivity contribution in [3.8, 4) is 11.6 Å². The molecule has 3 aromatic rings. The van der Waals surface area contributed by atoms with Crippen molar-refractivity contribution in [1.82, 2.24) is 19.7 Å². The van der Waals surface area contributed by atoms with Gasteiger partial charge in [0, 0.05) is 36.8 Å². The lowest BCUT2D eigenvalue weighted by molar-refractivity contribution is -0.141. The van der Waals surface area contributed by atoms with Gasteiger partial charge in [-0.15, -0.1) is 0 Å². The van der Waals surface area contributed by atoms with Crippen molar-refractivity contribution >= 4 is 11.5 Å². The van der Waals surface area contributed by atoms with E-state index in [1.54, 1.807) is 45.2 Å². The van der Waals surface area contributed by atoms with Gasteiger partial charge in [-0.1, -0.05) is 0 Å². The minimum Gasteiger partial charge on any atom is -0.439 e. The van der Waals surface area contributed by atoms with E-state index < -0.39 is 17.5 Å². The van der Waals surface area contributed by atoms with E-state index in [4.69, 9.17) is 4.74 Å². The van der Waals surface area contributed by atoms with E-state index in [0.717, 1.165) is 10.7 Å². The maximum absolute atomic E-state index is 12.9. The number of alkyl halides is 3. The molecule has 29 heavy (non-hydrogen) atoms. The number of ether oxygens (including phenoxy) is 1. The molecule has 0 aliphatic carbocycles. The molecule has 0 aliphatic rings. The summed E-state index contributed by atoms with van der Waals surface area (Å²) in [5, 5.41) is 16.7. The number of aryl methyl sites for hydroxylation is 1. The third-order valence-corrected chi connectivity index (χ3v) is 3.95. The summed E-state index contributed by atoms with van der Waals surface area (Å²) in [5.74, 6) is 0.682. The lowest BCUT2D eigenvalue weighted by Crippen LogP contribution is -2.17. The van der Waals surface area contributed by atoms with E-state index in [1.165, 1.54) is 12.3 Å². The monoisotopic (exact) mass is 407 g/mol. The molecule has 0 aromatic carbocycles. The van der Waals surface area contributed by atoms with Gasteiger partial charge < -0.3 is 15.2 Å². The largest absolute Gasteiger partial charge is 0.439 e. The van der Waals surface area contributed by atoms with E-state index in [1.807, 2.05) is 0 Å². The highest BCUT2D eigenvalue weighted by Crippen LogP contribution is 2.33. The van der Waals surface area contributed by atoms with Crippen LogP contribution in [-0.4, -0.2) is 24.9 Å². The predicted octanol–water partition coefficient (Wildman–Crippen LogP) is 4.48. The first-order valence-corrected chi connectivity index (χ1v) is 8.81. The van der Waals surface area contributed by atoms with Gasteiger partial charge in [0.1, 0.15) is 17.2 Å². The van der Waals surface area contributed by atoms with Gasteiger partial charge in [0.25, 0.3) is 0 Å². The Morgan fingerprint density at radius 3 is 2.45 bits per heavy atom. The van der Waals surface area contributed by atoms with Gasteiger partial charge in [0.15, 0.2) is 5.69 Å². The fraction of sp³-hybridized carbons (Fsp3) is 0.316. The van der Waals surface area contributed by atoms with Crippen molar-refractivity contribution in [2.75, 3.05) is 5.32 Å². The molecule has 0 radical (unpaired) electrons. The van der Waals surface area contributed by atoms with Gasteiger partial charge in [0.05, 0.1) is 5.69 Å². The van der Waals surface area contributed by atoms with Crippen LogP contribution in [0.1, 0.15) is 32.2 Å². The molecular formula is C19H20F3N5O2. The molecule has 10 heteroatoms. The Hall–Kier alpha value is -3.14. The normalized spacial score (nSPS) is 12.1. The van der Waals surface area contributed by atoms with Crippen LogP contribution in [-0.2, 0) is 18.3 Å². The molecule has 3 rings (SSSR count). The van der Waals surface area contributed by atoms with Crippen LogP contribution < -0.4 is 10.1 Å². The van der Waals surface area contributed by atoms with Crippen LogP contribution in [0.5, 0.6) is 11.6 Å². The van der Waals surface area contributed by atoms with Crippen molar-refractivity contribution in [2.24, 2.45) is 0 Å². The Morgan fingerprint density at radius 2 is 1.79 bits per heavy atom. The number of nitrogens with zero attached hydrogens (tertiary/aromatic N) is 4. The van der Waals surface area contributed by atoms with Crippen molar-refractivity contribution in [3.05, 3.63) is 54.1 Å². The van der Waals surface area contributed by atoms with Crippen LogP contribution in [0, 0.1) is 0 Å². The number of halogens is 3. The number of aromatic nitrogens is 4. The number of hydrogen-bond acceptors (Lipinski definition) is 6. The van der Waals surface area contributed by atoms with E-state index in [9.17, 15) is 18.3 Å². The SMILES string of the molecule is CCn1nc(C(F)(F)F)cc1Oc1ccnc(Nc2ccnc(C(C)(C)O)c2)c1. The lowest BCUT2D eigenvalue weighted by atomic mass is 10.0. The number of pyridine rings is 2. The van der Waals surface area contributed by atoms with Crippen molar-refractivity contribution in [2.45, 2.75) is 39.1 Å². The first-order valence-electron chi connectivity index (χ1n) is 8.81. The van der Waals surface area contributed by atoms with Crippen LogP contribution in [0.3, 0.4) is 0 Å². The minimum absolute atomic E-state index is 0.0230. The Bertz CT molecular complexity index is 996. The summed E-state index contributed by atoms with van der Waals surface area (Å²) in [6, 6.07) is 7.31. The third kappa shape index (κ3) is 5.02. The Kier molecular flexibility index (Phi) is 5.47. The molecule has 0 saturated carbocycles. The van der Waals surface area contributed by atoms with Gasteiger partial charge in [-0.3, -0.25) is 4.98 Å². The van der Waals surface area contributed by atoms with Gasteiger partial charge >= 0.3 is 6.18 Å². The van der Waals surface area contributed by atoms with Crippen molar-refractivity contribution in [1.29, 1.82) is 0 Å². The first-order chi connectivity index (χ1) is 13.6. The van der Waals surface area contributed by atoms with Crippen LogP contribution >= 0.6 is 0 Å². The minimum atomic E-state index is -4.55. The fourth-order valence-electron chi connectivity index (χ4n) is 2.50. The highest BCUT2D eigenvalue weighted by molar-refractivity contribution is 5.57. The molecule has 0 saturated heterocycles. The second kappa shape index (κ2) is 7.70. The summed E-state index contributed by atoms with van der Waals surface area (Å²) in [4.78, 5) is 8.31. The van der Waals surface area contributed by atoms with Crippen LogP contribution in [0.15, 0.2) is 42.7 Å². The molecular weight excluding hydrogens is 387 g/mol. The fourth-order valence-corrected chi connectivity index (χ4v) is 2.50. The molecule has 0 fully saturated rings. The van der Waals surface area contributed by atoms with Gasteiger partial charge in [-0.25, -0.2) is 9.67 Å². The molecule has 0 atom stereocenters. The maximum Gasteiger partial charge on any atom is 0.435 e. The zero-order valence-corrected chi connectivity index (χ0v) is 16.0. The highest BCUT2D eigenvalue weighted by Gasteiger charge is 2.35. The standard InChI is InChI=1S/C19H20F3N5O2/c1-4-27-17(11-15(26-27)19(20,21)22)29-13-6-8-24-16(10-13)25-12-5-7-23-14(9-12)18(2,3)28/h5-11,28H,4H2,1-3H3,(H,23,24,25). The van der Waals surface area contributed by atoms with Crippen molar-refractivity contribution < 1.29 is 23.0 Å². The second-order valence-corrected chi connectivity index (χ2v) is 6.77. The third-order valence-electron chi connectivity index (χ3n) is 3.95. The number of hydrogen-bond donors (Lipinski definition) is 2.